The summed E-state index contributed by atoms with van der Waals surface area (Å²) < 4.78 is 0.756. The maximum atomic E-state index is 11.8. The summed E-state index contributed by atoms with van der Waals surface area (Å²) in [7, 11) is 0. The van der Waals surface area contributed by atoms with Gasteiger partial charge in [0.25, 0.3) is 0 Å². The van der Waals surface area contributed by atoms with Gasteiger partial charge in [0, 0.05) is 21.2 Å². The van der Waals surface area contributed by atoms with Crippen LogP contribution in [0.25, 0.3) is 0 Å². The third-order valence-electron chi connectivity index (χ3n) is 2.74. The maximum absolute atomic E-state index is 11.8. The van der Waals surface area contributed by atoms with Crippen LogP contribution >= 0.6 is 27.7 Å². The zero-order chi connectivity index (χ0) is 13.4. The molecule has 0 fully saturated rings. The molecule has 6 heteroatoms. The lowest BCUT2D eigenvalue weighted by Crippen LogP contribution is -2.46. The van der Waals surface area contributed by atoms with Gasteiger partial charge in [-0.25, -0.2) is 4.79 Å². The minimum atomic E-state index is -1.42. The molecule has 1 unspecified atom stereocenters. The van der Waals surface area contributed by atoms with Crippen LogP contribution in [0.5, 0.6) is 0 Å². The fourth-order valence-corrected chi connectivity index (χ4v) is 4.04. The van der Waals surface area contributed by atoms with Crippen molar-refractivity contribution in [3.63, 3.8) is 0 Å². The number of benzene rings is 1. The molecule has 0 saturated heterocycles. The number of thioether (sulfide) groups is 1. The summed E-state index contributed by atoms with van der Waals surface area (Å²) in [6, 6.07) is 3.73. The lowest BCUT2D eigenvalue weighted by Gasteiger charge is -2.34. The van der Waals surface area contributed by atoms with E-state index in [1.54, 1.807) is 11.8 Å². The number of hydrogen-bond acceptors (Lipinski definition) is 3. The highest BCUT2D eigenvalue weighted by molar-refractivity contribution is 9.10. The van der Waals surface area contributed by atoms with Crippen LogP contribution in [0.1, 0.15) is 12.5 Å². The van der Waals surface area contributed by atoms with Crippen molar-refractivity contribution in [1.29, 1.82) is 0 Å². The van der Waals surface area contributed by atoms with E-state index in [0.29, 0.717) is 11.4 Å². The molecule has 1 amide bonds. The Hall–Kier alpha value is -1.01. The van der Waals surface area contributed by atoms with E-state index in [1.807, 2.05) is 26.0 Å². The topological polar surface area (TPSA) is 57.6 Å². The van der Waals surface area contributed by atoms with Crippen molar-refractivity contribution in [3.05, 3.63) is 22.2 Å². The zero-order valence-corrected chi connectivity index (χ0v) is 12.3. The minimum absolute atomic E-state index is 0.134. The molecule has 0 aliphatic carbocycles. The first-order valence-electron chi connectivity index (χ1n) is 5.41. The Morgan fingerprint density at radius 3 is 2.78 bits per heavy atom. The van der Waals surface area contributed by atoms with Gasteiger partial charge in [-0.3, -0.25) is 9.69 Å². The lowest BCUT2D eigenvalue weighted by atomic mass is 10.1. The first kappa shape index (κ1) is 13.4. The van der Waals surface area contributed by atoms with E-state index < -0.39 is 11.9 Å². The number of fused-ring (bicyclic) bond motifs is 1. The van der Waals surface area contributed by atoms with Crippen molar-refractivity contribution in [2.75, 3.05) is 10.7 Å². The predicted octanol–water partition coefficient (Wildman–Crippen LogP) is 2.67. The van der Waals surface area contributed by atoms with Gasteiger partial charge in [-0.1, -0.05) is 0 Å². The summed E-state index contributed by atoms with van der Waals surface area (Å²) in [5.74, 6) is -1.61. The number of anilines is 1. The zero-order valence-electron chi connectivity index (χ0n) is 9.94. The van der Waals surface area contributed by atoms with Crippen molar-refractivity contribution in [3.8, 4) is 0 Å². The van der Waals surface area contributed by atoms with Gasteiger partial charge in [0.1, 0.15) is 0 Å². The van der Waals surface area contributed by atoms with Gasteiger partial charge in [0.2, 0.25) is 0 Å². The smallest absolute Gasteiger partial charge is 0.394 e. The molecule has 1 aromatic rings. The Bertz CT molecular complexity index is 532. The van der Waals surface area contributed by atoms with Crippen LogP contribution in [0.2, 0.25) is 0 Å². The number of rotatable bonds is 0. The number of carboxylic acid groups (broad SMARTS) is 1. The molecule has 0 saturated carbocycles. The highest BCUT2D eigenvalue weighted by atomic mass is 79.9. The molecular formula is C12H12BrNO3S. The first-order valence-corrected chi connectivity index (χ1v) is 7.19. The molecule has 1 aliphatic heterocycles. The Kier molecular flexibility index (Phi) is 3.68. The standard InChI is InChI=1S/C12H12BrNO3S/c1-6-3-8(13)10-9(4-6)18-5-7(2)14(10)11(15)12(16)17/h3-4,7H,5H2,1-2H3,(H,16,17). The Morgan fingerprint density at radius 1 is 1.50 bits per heavy atom. The van der Waals surface area contributed by atoms with Gasteiger partial charge in [-0.05, 0) is 47.5 Å². The number of hydrogen-bond donors (Lipinski definition) is 1. The minimum Gasteiger partial charge on any atom is -0.474 e. The van der Waals surface area contributed by atoms with E-state index in [2.05, 4.69) is 15.9 Å². The van der Waals surface area contributed by atoms with Gasteiger partial charge in [-0.2, -0.15) is 0 Å². The van der Waals surface area contributed by atoms with Gasteiger partial charge in [-0.15, -0.1) is 11.8 Å². The van der Waals surface area contributed by atoms with Gasteiger partial charge < -0.3 is 5.11 Å². The average molecular weight is 330 g/mol. The second-order valence-corrected chi connectivity index (χ2v) is 6.15. The van der Waals surface area contributed by atoms with Crippen molar-refractivity contribution >= 4 is 45.3 Å². The van der Waals surface area contributed by atoms with Crippen LogP contribution in [-0.4, -0.2) is 28.8 Å². The van der Waals surface area contributed by atoms with Crippen LogP contribution in [0.15, 0.2) is 21.5 Å². The molecule has 1 heterocycles. The maximum Gasteiger partial charge on any atom is 0.394 e. The molecule has 2 rings (SSSR count). The van der Waals surface area contributed by atoms with E-state index in [9.17, 15) is 9.59 Å². The molecule has 1 aliphatic rings. The molecule has 1 atom stereocenters. The van der Waals surface area contributed by atoms with Crippen LogP contribution in [0.4, 0.5) is 5.69 Å². The first-order chi connectivity index (χ1) is 8.41. The fraction of sp³-hybridized carbons (Fsp3) is 0.333. The molecule has 0 aromatic heterocycles. The highest BCUT2D eigenvalue weighted by Gasteiger charge is 2.34. The summed E-state index contributed by atoms with van der Waals surface area (Å²) in [6.07, 6.45) is 0. The van der Waals surface area contributed by atoms with Gasteiger partial charge >= 0.3 is 11.9 Å². The van der Waals surface area contributed by atoms with E-state index >= 15 is 0 Å². The predicted molar refractivity (Wildman–Crippen MR) is 74.2 cm³/mol. The monoisotopic (exact) mass is 329 g/mol. The van der Waals surface area contributed by atoms with E-state index in [-0.39, 0.29) is 6.04 Å². The Balaban J connectivity index is 2.57. The number of aliphatic carboxylic acids is 1. The number of carbonyl (C=O) groups is 2. The summed E-state index contributed by atoms with van der Waals surface area (Å²) in [5, 5.41) is 8.91. The molecule has 18 heavy (non-hydrogen) atoms. The van der Waals surface area contributed by atoms with Gasteiger partial charge in [0.05, 0.1) is 5.69 Å². The second kappa shape index (κ2) is 4.93. The number of carboxylic acids is 1. The number of halogens is 1. The van der Waals surface area contributed by atoms with Crippen LogP contribution in [0, 0.1) is 6.92 Å². The third-order valence-corrected chi connectivity index (χ3v) is 4.61. The molecule has 1 N–H and O–H groups in total. The number of aryl methyl sites for hydroxylation is 1. The Labute approximate surface area is 117 Å². The number of nitrogens with zero attached hydrogens (tertiary/aromatic N) is 1. The SMILES string of the molecule is Cc1cc(Br)c2c(c1)SCC(C)N2C(=O)C(=O)O. The molecule has 4 nitrogen and oxygen atoms in total. The van der Waals surface area contributed by atoms with E-state index in [1.165, 1.54) is 4.90 Å². The largest absolute Gasteiger partial charge is 0.474 e. The normalized spacial score (nSPS) is 18.4. The number of amides is 1. The van der Waals surface area contributed by atoms with Crippen molar-refractivity contribution in [2.24, 2.45) is 0 Å². The summed E-state index contributed by atoms with van der Waals surface area (Å²) in [6.45, 7) is 3.82. The molecule has 0 radical (unpaired) electrons. The van der Waals surface area contributed by atoms with Crippen molar-refractivity contribution in [1.82, 2.24) is 0 Å². The molecule has 1 aromatic carbocycles. The quantitative estimate of drug-likeness (QED) is 0.743. The molecule has 0 bridgehead atoms. The van der Waals surface area contributed by atoms with E-state index in [0.717, 1.165) is 14.9 Å². The fourth-order valence-electron chi connectivity index (χ4n) is 1.96. The number of carbonyl (C=O) groups excluding carboxylic acids is 1. The lowest BCUT2D eigenvalue weighted by molar-refractivity contribution is -0.149. The molecule has 96 valence electrons. The molecular weight excluding hydrogens is 318 g/mol. The van der Waals surface area contributed by atoms with Crippen LogP contribution in [-0.2, 0) is 9.59 Å². The van der Waals surface area contributed by atoms with Gasteiger partial charge in [0.15, 0.2) is 0 Å². The second-order valence-electron chi connectivity index (χ2n) is 4.23. The third kappa shape index (κ3) is 2.27. The summed E-state index contributed by atoms with van der Waals surface area (Å²) in [4.78, 5) is 25.0. The van der Waals surface area contributed by atoms with E-state index in [4.69, 9.17) is 5.11 Å². The Morgan fingerprint density at radius 2 is 2.17 bits per heavy atom. The summed E-state index contributed by atoms with van der Waals surface area (Å²) in [5.41, 5.74) is 1.74. The van der Waals surface area contributed by atoms with Crippen LogP contribution < -0.4 is 4.90 Å². The van der Waals surface area contributed by atoms with Crippen molar-refractivity contribution in [2.45, 2.75) is 24.8 Å². The highest BCUT2D eigenvalue weighted by Crippen LogP contribution is 2.43. The molecule has 0 spiro atoms. The average Bonchev–Trinajstić information content (AvgIpc) is 2.28. The van der Waals surface area contributed by atoms with Crippen molar-refractivity contribution < 1.29 is 14.7 Å². The summed E-state index contributed by atoms with van der Waals surface area (Å²) >= 11 is 5.06. The van der Waals surface area contributed by atoms with Crippen LogP contribution in [0.3, 0.4) is 0 Å².